The van der Waals surface area contributed by atoms with Crippen LogP contribution >= 0.6 is 0 Å². The lowest BCUT2D eigenvalue weighted by Gasteiger charge is -2.01. The van der Waals surface area contributed by atoms with E-state index >= 15 is 0 Å². The largest absolute Gasteiger partial charge is 0.381 e. The van der Waals surface area contributed by atoms with Crippen molar-refractivity contribution in [2.24, 2.45) is 0 Å². The highest BCUT2D eigenvalue weighted by atomic mass is 16.5. The summed E-state index contributed by atoms with van der Waals surface area (Å²) in [4.78, 5) is 0. The molecule has 0 fully saturated rings. The average Bonchev–Trinajstić information content (AvgIpc) is 2.20. The summed E-state index contributed by atoms with van der Waals surface area (Å²) in [6, 6.07) is 0. The summed E-state index contributed by atoms with van der Waals surface area (Å²) in [7, 11) is 0. The maximum Gasteiger partial charge on any atom is 0.0466 e. The van der Waals surface area contributed by atoms with Gasteiger partial charge in [-0.15, -0.1) is 0 Å². The van der Waals surface area contributed by atoms with Crippen molar-refractivity contribution in [1.82, 2.24) is 0 Å². The Balaban J connectivity index is 0. The number of hydrogen-bond donors (Lipinski definition) is 0. The summed E-state index contributed by atoms with van der Waals surface area (Å²) in [6.07, 6.45) is 7.68. The van der Waals surface area contributed by atoms with Crippen molar-refractivity contribution in [3.05, 3.63) is 0 Å². The quantitative estimate of drug-likeness (QED) is 0.513. The van der Waals surface area contributed by atoms with Crippen molar-refractivity contribution >= 4 is 0 Å². The van der Waals surface area contributed by atoms with E-state index in [4.69, 9.17) is 4.74 Å². The lowest BCUT2D eigenvalue weighted by Crippen LogP contribution is -1.96. The molecular formula is C12H28O. The summed E-state index contributed by atoms with van der Waals surface area (Å²) in [6.45, 7) is 10.4. The fraction of sp³-hybridized carbons (Fsp3) is 1.00. The highest BCUT2D eigenvalue weighted by molar-refractivity contribution is 4.38. The van der Waals surface area contributed by atoms with Gasteiger partial charge in [-0.05, 0) is 12.8 Å². The molecule has 0 amide bonds. The van der Waals surface area contributed by atoms with Gasteiger partial charge in [-0.1, -0.05) is 53.4 Å². The van der Waals surface area contributed by atoms with Crippen molar-refractivity contribution in [3.8, 4) is 0 Å². The summed E-state index contributed by atoms with van der Waals surface area (Å²) in [5.41, 5.74) is 0. The summed E-state index contributed by atoms with van der Waals surface area (Å²) in [5, 5.41) is 0. The normalized spacial score (nSPS) is 9.23. The van der Waals surface area contributed by atoms with Crippen molar-refractivity contribution < 1.29 is 4.74 Å². The fourth-order valence-corrected chi connectivity index (χ4v) is 1.01. The van der Waals surface area contributed by atoms with E-state index in [9.17, 15) is 0 Å². The molecule has 0 aliphatic carbocycles. The monoisotopic (exact) mass is 188 g/mol. The third kappa shape index (κ3) is 18.7. The van der Waals surface area contributed by atoms with Gasteiger partial charge in [0.15, 0.2) is 0 Å². The minimum atomic E-state index is 0.970. The van der Waals surface area contributed by atoms with Gasteiger partial charge in [0.1, 0.15) is 0 Å². The van der Waals surface area contributed by atoms with E-state index in [-0.39, 0.29) is 0 Å². The lowest BCUT2D eigenvalue weighted by molar-refractivity contribution is 0.126. The van der Waals surface area contributed by atoms with E-state index in [1.807, 2.05) is 13.8 Å². The lowest BCUT2D eigenvalue weighted by atomic mass is 10.2. The Kier molecular flexibility index (Phi) is 21.2. The Morgan fingerprint density at radius 1 is 0.692 bits per heavy atom. The van der Waals surface area contributed by atoms with Crippen molar-refractivity contribution in [1.29, 1.82) is 0 Å². The molecule has 1 nitrogen and oxygen atoms in total. The first kappa shape index (κ1) is 15.4. The zero-order valence-electron chi connectivity index (χ0n) is 10.1. The van der Waals surface area contributed by atoms with Crippen molar-refractivity contribution in [2.75, 3.05) is 13.2 Å². The van der Waals surface area contributed by atoms with Crippen LogP contribution in [0.3, 0.4) is 0 Å². The summed E-state index contributed by atoms with van der Waals surface area (Å²) in [5.74, 6) is 0. The van der Waals surface area contributed by atoms with Gasteiger partial charge in [0, 0.05) is 13.2 Å². The van der Waals surface area contributed by atoms with Crippen molar-refractivity contribution in [2.45, 2.75) is 66.2 Å². The molecule has 82 valence electrons. The SMILES string of the molecule is CC.CCCCCOCCCCC. The predicted octanol–water partition coefficient (Wildman–Crippen LogP) is 4.41. The Morgan fingerprint density at radius 2 is 1.08 bits per heavy atom. The van der Waals surface area contributed by atoms with Gasteiger partial charge in [-0.25, -0.2) is 0 Å². The van der Waals surface area contributed by atoms with Crippen LogP contribution in [-0.4, -0.2) is 13.2 Å². The van der Waals surface area contributed by atoms with Crippen molar-refractivity contribution in [3.63, 3.8) is 0 Å². The Hall–Kier alpha value is -0.0400. The standard InChI is InChI=1S/C10H22O.C2H6/c1-3-5-7-9-11-10-8-6-4-2;1-2/h3-10H2,1-2H3;1-2H3. The highest BCUT2D eigenvalue weighted by Crippen LogP contribution is 1.97. The Labute approximate surface area is 84.9 Å². The first-order chi connectivity index (χ1) is 6.41. The third-order valence-electron chi connectivity index (χ3n) is 1.78. The van der Waals surface area contributed by atoms with Crippen LogP contribution in [0.2, 0.25) is 0 Å². The van der Waals surface area contributed by atoms with Gasteiger partial charge in [-0.3, -0.25) is 0 Å². The van der Waals surface area contributed by atoms with Crippen LogP contribution in [0.15, 0.2) is 0 Å². The molecule has 0 saturated heterocycles. The predicted molar refractivity (Wildman–Crippen MR) is 61.2 cm³/mol. The third-order valence-corrected chi connectivity index (χ3v) is 1.78. The van der Waals surface area contributed by atoms with Gasteiger partial charge in [-0.2, -0.15) is 0 Å². The molecule has 0 aromatic heterocycles. The number of hydrogen-bond acceptors (Lipinski definition) is 1. The molecule has 0 saturated carbocycles. The first-order valence-electron chi connectivity index (χ1n) is 5.99. The molecule has 0 unspecified atom stereocenters. The topological polar surface area (TPSA) is 9.23 Å². The fourth-order valence-electron chi connectivity index (χ4n) is 1.01. The molecule has 0 rings (SSSR count). The number of ether oxygens (including phenoxy) is 1. The summed E-state index contributed by atoms with van der Waals surface area (Å²) < 4.78 is 5.44. The molecule has 0 bridgehead atoms. The second kappa shape index (κ2) is 17.9. The highest BCUT2D eigenvalue weighted by Gasteiger charge is 1.88. The van der Waals surface area contributed by atoms with Gasteiger partial charge in [0.05, 0.1) is 0 Å². The zero-order chi connectivity index (χ0) is 10.4. The average molecular weight is 188 g/mol. The van der Waals surface area contributed by atoms with E-state index < -0.39 is 0 Å². The molecule has 0 heterocycles. The number of unbranched alkanes of at least 4 members (excludes halogenated alkanes) is 4. The first-order valence-corrected chi connectivity index (χ1v) is 5.99. The smallest absolute Gasteiger partial charge is 0.0466 e. The number of rotatable bonds is 8. The van der Waals surface area contributed by atoms with Crippen LogP contribution in [0.25, 0.3) is 0 Å². The molecule has 0 aliphatic heterocycles. The molecule has 13 heavy (non-hydrogen) atoms. The van der Waals surface area contributed by atoms with Crippen LogP contribution in [-0.2, 0) is 4.74 Å². The van der Waals surface area contributed by atoms with E-state index in [1.165, 1.54) is 38.5 Å². The van der Waals surface area contributed by atoms with Crippen LogP contribution in [0.5, 0.6) is 0 Å². The van der Waals surface area contributed by atoms with E-state index in [0.717, 1.165) is 13.2 Å². The van der Waals surface area contributed by atoms with E-state index in [1.54, 1.807) is 0 Å². The van der Waals surface area contributed by atoms with E-state index in [0.29, 0.717) is 0 Å². The van der Waals surface area contributed by atoms with Crippen LogP contribution in [0.1, 0.15) is 66.2 Å². The zero-order valence-corrected chi connectivity index (χ0v) is 10.1. The van der Waals surface area contributed by atoms with Gasteiger partial charge < -0.3 is 4.74 Å². The molecule has 0 aromatic carbocycles. The molecule has 0 aromatic rings. The second-order valence-electron chi connectivity index (χ2n) is 3.03. The molecule has 0 atom stereocenters. The minimum absolute atomic E-state index is 0.970. The maximum atomic E-state index is 5.44. The maximum absolute atomic E-state index is 5.44. The van der Waals surface area contributed by atoms with Crippen LogP contribution < -0.4 is 0 Å². The summed E-state index contributed by atoms with van der Waals surface area (Å²) >= 11 is 0. The molecule has 0 spiro atoms. The molecule has 0 N–H and O–H groups in total. The molecular weight excluding hydrogens is 160 g/mol. The second-order valence-corrected chi connectivity index (χ2v) is 3.03. The molecule has 0 radical (unpaired) electrons. The molecule has 1 heteroatoms. The van der Waals surface area contributed by atoms with Crippen LogP contribution in [0.4, 0.5) is 0 Å². The Morgan fingerprint density at radius 3 is 1.38 bits per heavy atom. The van der Waals surface area contributed by atoms with Gasteiger partial charge in [0.2, 0.25) is 0 Å². The van der Waals surface area contributed by atoms with Gasteiger partial charge >= 0.3 is 0 Å². The van der Waals surface area contributed by atoms with Crippen LogP contribution in [0, 0.1) is 0 Å². The van der Waals surface area contributed by atoms with E-state index in [2.05, 4.69) is 13.8 Å². The molecule has 0 aliphatic rings. The minimum Gasteiger partial charge on any atom is -0.381 e. The Bertz CT molecular complexity index is 54.1. The van der Waals surface area contributed by atoms with Gasteiger partial charge in [0.25, 0.3) is 0 Å².